The van der Waals surface area contributed by atoms with Gasteiger partial charge in [-0.2, -0.15) is 0 Å². The standard InChI is InChI=1S/C76H96ClN9O25/c1-6-7-8-9-10-11-12-13-22-81-76(5)31-53(105-34(3)67(76)96)110-65-62(94)61(93)50(32-87)108-74(65)111-64-48-25-38-26-49(64)107-47-21-17-37(24-43(47)77)60(92)55(79)69(98)82-44(29-51(78)91)68(97)83-57(38)71(100)84-56-36-16-20-45(89)41(23-36)54-42(27-39(88)28-46(54)90)58(73(102)103)85-72(101)59(86-70(56)99)63(35-14-18-40(106-48)19-15-35)109-52-30-75(4,80)66(95)33(2)104-52/h14-21,23-28,33-34,44,50,52-53,55-63,65-67,74,81,87-90,92-96H,6-13,22,29-32,79-80H2,1-5H3,(H2,78,91)(H,82,98)(H,83,97)(H,84,100)(H,85,101)(H,86,99)(H,102,103)/t33-,34-,44-,50+,52-,53-,55+,56+,57+,58-,59-,60+,61+,62-,63+,65+,66-,67-,74-,75-,76-/m0/s1. The van der Waals surface area contributed by atoms with Crippen molar-refractivity contribution >= 4 is 53.0 Å². The number of ether oxygens (including phenoxy) is 8. The number of carbonyl (C=O) groups is 7. The van der Waals surface area contributed by atoms with Crippen LogP contribution in [-0.4, -0.2) is 203 Å². The van der Waals surface area contributed by atoms with Crippen molar-refractivity contribution in [3.63, 3.8) is 0 Å². The average molecular weight is 1570 g/mol. The van der Waals surface area contributed by atoms with Gasteiger partial charge in [0.25, 0.3) is 0 Å². The zero-order chi connectivity index (χ0) is 80.2. The number of aliphatic hydroxyl groups is 6. The van der Waals surface area contributed by atoms with Crippen LogP contribution in [0, 0.1) is 0 Å². The zero-order valence-electron chi connectivity index (χ0n) is 61.5. The minimum absolute atomic E-state index is 0.0190. The first-order chi connectivity index (χ1) is 52.7. The van der Waals surface area contributed by atoms with Crippen LogP contribution in [-0.2, 0) is 57.2 Å². The molecule has 13 rings (SSSR count). The van der Waals surface area contributed by atoms with Crippen molar-refractivity contribution in [3.05, 3.63) is 118 Å². The molecule has 0 spiro atoms. The van der Waals surface area contributed by atoms with Crippen LogP contribution in [0.4, 0.5) is 0 Å². The van der Waals surface area contributed by atoms with Crippen molar-refractivity contribution in [2.24, 2.45) is 17.2 Å². The minimum atomic E-state index is -2.28. The van der Waals surface area contributed by atoms with Crippen LogP contribution in [0.3, 0.4) is 0 Å². The Labute approximate surface area is 642 Å². The molecule has 0 saturated carbocycles. The summed E-state index contributed by atoms with van der Waals surface area (Å²) in [5.74, 6) is -14.0. The molecule has 0 aromatic heterocycles. The van der Waals surface area contributed by atoms with Crippen LogP contribution in [0.5, 0.6) is 46.0 Å². The number of aromatic hydroxyl groups is 3. The van der Waals surface area contributed by atoms with Crippen molar-refractivity contribution in [1.29, 1.82) is 0 Å². The summed E-state index contributed by atoms with van der Waals surface area (Å²) < 4.78 is 52.4. The third kappa shape index (κ3) is 18.5. The number of fused-ring (bicyclic) bond motifs is 15. The number of aliphatic carboxylic acids is 1. The van der Waals surface area contributed by atoms with Gasteiger partial charge in [0, 0.05) is 46.7 Å². The molecule has 111 heavy (non-hydrogen) atoms. The summed E-state index contributed by atoms with van der Waals surface area (Å²) in [5.41, 5.74) is 13.9. The number of nitrogens with two attached hydrogens (primary N) is 3. The Morgan fingerprint density at radius 3 is 1.93 bits per heavy atom. The van der Waals surface area contributed by atoms with Crippen LogP contribution in [0.1, 0.15) is 163 Å². The van der Waals surface area contributed by atoms with Gasteiger partial charge in [-0.1, -0.05) is 87.7 Å². The Balaban J connectivity index is 1.12. The van der Waals surface area contributed by atoms with Crippen molar-refractivity contribution < 1.29 is 123 Å². The zero-order valence-corrected chi connectivity index (χ0v) is 62.2. The first-order valence-corrected chi connectivity index (χ1v) is 37.2. The molecule has 8 heterocycles. The molecule has 8 aliphatic rings. The van der Waals surface area contributed by atoms with Crippen molar-refractivity contribution in [2.45, 2.75) is 232 Å². The SMILES string of the molecule is CCCCCCCCCCN[C@@]1(C)C[C@H](O[C@H]2[C@H](Oc3c4cc5cc3Oc3ccc(cc3Cl)[C@@H](O)[C@@H](N)C(=O)N[C@@H](CC(N)=O)C(=O)N[C@H]5C(=O)N[C@H]3C(=O)N[C@H](C(=O)N[C@H](C(=O)O)c5cc(O)cc(O)c5-c5cc3ccc5O)[C@H](O[C@H]3C[C@](C)(N)[C@@H](O)[C@H](C)O3)c3ccc(cc3)O4)O[C@H](CO)[C@@H](O)[C@@H]2O)O[C@@H](C)[C@@H]1O. The first-order valence-electron chi connectivity index (χ1n) is 36.8. The molecular weight excluding hydrogens is 1470 g/mol. The van der Waals surface area contributed by atoms with Gasteiger partial charge in [-0.15, -0.1) is 0 Å². The quantitative estimate of drug-likeness (QED) is 0.0498. The molecule has 0 unspecified atom stereocenters. The number of carboxylic acids is 1. The van der Waals surface area contributed by atoms with E-state index in [0.29, 0.717) is 6.54 Å². The number of primary amides is 1. The molecule has 6 amide bonds. The molecule has 602 valence electrons. The second-order valence-corrected chi connectivity index (χ2v) is 29.9. The number of carboxylic acid groups (broad SMARTS) is 1. The summed E-state index contributed by atoms with van der Waals surface area (Å²) in [7, 11) is 0. The van der Waals surface area contributed by atoms with Gasteiger partial charge in [-0.05, 0) is 118 Å². The number of phenols is 3. The summed E-state index contributed by atoms with van der Waals surface area (Å²) in [6.07, 6.45) is -13.1. The maximum Gasteiger partial charge on any atom is 0.330 e. The average Bonchev–Trinajstić information content (AvgIpc) is 0.773. The summed E-state index contributed by atoms with van der Waals surface area (Å²) in [6.45, 7) is 8.13. The fourth-order valence-electron chi connectivity index (χ4n) is 14.8. The Morgan fingerprint density at radius 1 is 0.649 bits per heavy atom. The predicted octanol–water partition coefficient (Wildman–Crippen LogP) is 2.67. The third-order valence-corrected chi connectivity index (χ3v) is 21.3. The van der Waals surface area contributed by atoms with E-state index in [1.807, 2.05) is 0 Å². The van der Waals surface area contributed by atoms with E-state index in [-0.39, 0.29) is 46.1 Å². The molecule has 11 bridgehead atoms. The van der Waals surface area contributed by atoms with Crippen molar-refractivity contribution in [2.75, 3.05) is 13.2 Å². The molecule has 34 nitrogen and oxygen atoms in total. The van der Waals surface area contributed by atoms with Crippen LogP contribution in [0.25, 0.3) is 11.1 Å². The highest BCUT2D eigenvalue weighted by Gasteiger charge is 2.53. The van der Waals surface area contributed by atoms with Gasteiger partial charge in [0.2, 0.25) is 47.5 Å². The highest BCUT2D eigenvalue weighted by Crippen LogP contribution is 2.50. The van der Waals surface area contributed by atoms with Gasteiger partial charge in [0.15, 0.2) is 36.2 Å². The minimum Gasteiger partial charge on any atom is -0.508 e. The van der Waals surface area contributed by atoms with Gasteiger partial charge in [0.05, 0.1) is 42.5 Å². The van der Waals surface area contributed by atoms with E-state index in [4.69, 9.17) is 66.7 Å². The summed E-state index contributed by atoms with van der Waals surface area (Å²) in [5, 5.41) is 130. The van der Waals surface area contributed by atoms with Crippen LogP contribution < -0.4 is 63.3 Å². The normalized spacial score (nSPS) is 31.8. The second kappa shape index (κ2) is 34.9. The Hall–Kier alpha value is -9.08. The highest BCUT2D eigenvalue weighted by atomic mass is 35.5. The second-order valence-electron chi connectivity index (χ2n) is 29.5. The summed E-state index contributed by atoms with van der Waals surface area (Å²) >= 11 is 7.03. The lowest BCUT2D eigenvalue weighted by atomic mass is 9.84. The molecule has 3 saturated heterocycles. The number of phenolic OH excluding ortho intramolecular Hbond substituents is 3. The van der Waals surface area contributed by atoms with E-state index < -0.39 is 238 Å². The Morgan fingerprint density at radius 2 is 1.27 bits per heavy atom. The third-order valence-electron chi connectivity index (χ3n) is 21.0. The number of halogens is 1. The van der Waals surface area contributed by atoms with Gasteiger partial charge in [-0.3, -0.25) is 28.8 Å². The topological polar surface area (TPSA) is 546 Å². The van der Waals surface area contributed by atoms with Gasteiger partial charge in [-0.25, -0.2) is 4.79 Å². The van der Waals surface area contributed by atoms with E-state index >= 15 is 19.2 Å². The van der Waals surface area contributed by atoms with E-state index in [0.717, 1.165) is 87.4 Å². The molecule has 3 fully saturated rings. The summed E-state index contributed by atoms with van der Waals surface area (Å²) in [4.78, 5) is 104. The number of hydrogen-bond donors (Lipinski definition) is 19. The van der Waals surface area contributed by atoms with Crippen LogP contribution >= 0.6 is 11.6 Å². The number of unbranched alkanes of at least 4 members (excludes halogenated alkanes) is 7. The fraction of sp³-hybridized carbons (Fsp3) is 0.513. The number of amides is 6. The van der Waals surface area contributed by atoms with Gasteiger partial charge < -0.3 is 138 Å². The van der Waals surface area contributed by atoms with Crippen molar-refractivity contribution in [3.8, 4) is 57.1 Å². The number of benzene rings is 5. The number of aliphatic hydroxyl groups excluding tert-OH is 6. The van der Waals surface area contributed by atoms with Crippen LogP contribution in [0.15, 0.2) is 84.9 Å². The van der Waals surface area contributed by atoms with E-state index in [2.05, 4.69) is 38.8 Å². The molecule has 0 radical (unpaired) electrons. The Bertz CT molecular complexity index is 4260. The van der Waals surface area contributed by atoms with Crippen molar-refractivity contribution in [1.82, 2.24) is 31.9 Å². The van der Waals surface area contributed by atoms with Crippen LogP contribution in [0.2, 0.25) is 5.02 Å². The number of nitrogens with one attached hydrogen (secondary N) is 6. The lowest BCUT2D eigenvalue weighted by Crippen LogP contribution is -2.65. The number of rotatable bonds is 20. The lowest BCUT2D eigenvalue weighted by molar-refractivity contribution is -0.334. The van der Waals surface area contributed by atoms with Gasteiger partial charge in [0.1, 0.15) is 89.5 Å². The molecule has 5 aromatic rings. The van der Waals surface area contributed by atoms with E-state index in [1.54, 1.807) is 13.8 Å². The summed E-state index contributed by atoms with van der Waals surface area (Å²) in [6, 6.07) is 3.25. The lowest BCUT2D eigenvalue weighted by Gasteiger charge is -2.48. The largest absolute Gasteiger partial charge is 0.508 e. The molecular formula is C76H96ClN9O25. The molecule has 0 aliphatic carbocycles. The van der Waals surface area contributed by atoms with E-state index in [1.165, 1.54) is 62.7 Å². The fourth-order valence-corrected chi connectivity index (χ4v) is 15.0. The predicted molar refractivity (Wildman–Crippen MR) is 391 cm³/mol. The molecule has 22 N–H and O–H groups in total. The maximum absolute atomic E-state index is 16.2. The molecule has 21 atom stereocenters. The Kier molecular flexibility index (Phi) is 26.1. The highest BCUT2D eigenvalue weighted by molar-refractivity contribution is 6.32. The molecule has 5 aromatic carbocycles. The molecule has 8 aliphatic heterocycles. The number of hydrogen-bond acceptors (Lipinski definition) is 27. The smallest absolute Gasteiger partial charge is 0.330 e. The van der Waals surface area contributed by atoms with E-state index in [9.17, 15) is 65.4 Å². The number of carbonyl (C=O) groups excluding carboxylic acids is 6. The monoisotopic (exact) mass is 1570 g/mol. The van der Waals surface area contributed by atoms with Gasteiger partial charge >= 0.3 is 5.97 Å². The molecule has 35 heteroatoms. The maximum atomic E-state index is 16.2. The first kappa shape index (κ1) is 82.9.